The average Bonchev–Trinajstić information content (AvgIpc) is 3.52. The van der Waals surface area contributed by atoms with Gasteiger partial charge in [-0.1, -0.05) is 19.9 Å². The molecule has 0 bridgehead atoms. The number of hydrogen-bond acceptors (Lipinski definition) is 7. The number of benzene rings is 1. The van der Waals surface area contributed by atoms with E-state index in [1.807, 2.05) is 58.0 Å². The molecule has 3 aromatic heterocycles. The molecule has 0 spiro atoms. The lowest BCUT2D eigenvalue weighted by Gasteiger charge is -2.12. The van der Waals surface area contributed by atoms with E-state index in [0.717, 1.165) is 46.3 Å². The van der Waals surface area contributed by atoms with Crippen LogP contribution in [0, 0.1) is 13.8 Å². The van der Waals surface area contributed by atoms with Crippen molar-refractivity contribution >= 4 is 22.5 Å². The summed E-state index contributed by atoms with van der Waals surface area (Å²) in [5.74, 6) is 0.852. The van der Waals surface area contributed by atoms with Crippen LogP contribution in [0.15, 0.2) is 45.8 Å². The number of aromatic nitrogens is 4. The van der Waals surface area contributed by atoms with Crippen LogP contribution in [-0.4, -0.2) is 26.3 Å². The molecule has 4 heterocycles. The summed E-state index contributed by atoms with van der Waals surface area (Å²) in [6, 6.07) is 9.65. The topological polar surface area (TPSA) is 95.1 Å². The number of fused-ring (bicyclic) bond motifs is 1. The molecule has 1 aliphatic heterocycles. The van der Waals surface area contributed by atoms with E-state index in [1.165, 1.54) is 0 Å². The Morgan fingerprint density at radius 3 is 2.70 bits per heavy atom. The van der Waals surface area contributed by atoms with Gasteiger partial charge in [0, 0.05) is 42.2 Å². The molecule has 0 saturated carbocycles. The lowest BCUT2D eigenvalue weighted by atomic mass is 9.99. The van der Waals surface area contributed by atoms with Gasteiger partial charge in [-0.3, -0.25) is 9.78 Å². The zero-order valence-electron chi connectivity index (χ0n) is 19.7. The first-order chi connectivity index (χ1) is 16.0. The van der Waals surface area contributed by atoms with Crippen LogP contribution in [0.4, 0.5) is 11.6 Å². The monoisotopic (exact) mass is 447 g/mol. The Kier molecular flexibility index (Phi) is 6.55. The molecular formula is C25H29N5O3. The molecule has 1 saturated heterocycles. The minimum atomic E-state index is -0.130. The largest absolute Gasteiger partial charge is 0.368 e. The van der Waals surface area contributed by atoms with Crippen molar-refractivity contribution in [1.29, 1.82) is 0 Å². The normalized spacial score (nSPS) is 15.4. The van der Waals surface area contributed by atoms with Crippen molar-refractivity contribution in [2.45, 2.75) is 46.6 Å². The molecule has 8 nitrogen and oxygen atoms in total. The molecule has 1 aromatic carbocycles. The summed E-state index contributed by atoms with van der Waals surface area (Å²) in [7, 11) is 1.79. The van der Waals surface area contributed by atoms with Crippen molar-refractivity contribution < 1.29 is 9.26 Å². The first-order valence-electron chi connectivity index (χ1n) is 11.3. The van der Waals surface area contributed by atoms with Gasteiger partial charge in [0.1, 0.15) is 6.10 Å². The highest BCUT2D eigenvalue weighted by atomic mass is 16.5. The Bertz CT molecular complexity index is 1340. The summed E-state index contributed by atoms with van der Waals surface area (Å²) in [4.78, 5) is 21.9. The van der Waals surface area contributed by atoms with E-state index in [1.54, 1.807) is 17.8 Å². The standard InChI is InChI=1S/C23H23N5O3.C2H6/c1-13-6-7-16(25-23-26-21(31-27-23)20-5-4-8-30-20)11-17(13)18-10-15-12-24-14(2)9-19(15)28(3)22(18)29;1-2/h6-7,9-12,20H,4-5,8H2,1-3H3,(H,25,27);1-2H3/t20-;/m1./s1. The van der Waals surface area contributed by atoms with Crippen molar-refractivity contribution in [2.75, 3.05) is 11.9 Å². The highest BCUT2D eigenvalue weighted by Gasteiger charge is 2.24. The fourth-order valence-electron chi connectivity index (χ4n) is 3.97. The highest BCUT2D eigenvalue weighted by Crippen LogP contribution is 2.30. The highest BCUT2D eigenvalue weighted by molar-refractivity contribution is 5.85. The summed E-state index contributed by atoms with van der Waals surface area (Å²) in [5.41, 5.74) is 4.91. The van der Waals surface area contributed by atoms with Crippen LogP contribution in [-0.2, 0) is 11.8 Å². The molecular weight excluding hydrogens is 418 g/mol. The Hall–Kier alpha value is -3.52. The van der Waals surface area contributed by atoms with E-state index >= 15 is 0 Å². The SMILES string of the molecule is CC.Cc1cc2c(cn1)cc(-c1cc(Nc3noc([C@H]4CCCO4)n3)ccc1C)c(=O)n2C. The predicted octanol–water partition coefficient (Wildman–Crippen LogP) is 5.22. The first kappa shape index (κ1) is 22.7. The third-order valence-corrected chi connectivity index (χ3v) is 5.68. The number of nitrogens with zero attached hydrogens (tertiary/aromatic N) is 4. The molecule has 33 heavy (non-hydrogen) atoms. The van der Waals surface area contributed by atoms with Crippen LogP contribution < -0.4 is 10.9 Å². The number of nitrogens with one attached hydrogen (secondary N) is 1. The summed E-state index contributed by atoms with van der Waals surface area (Å²) < 4.78 is 12.6. The third kappa shape index (κ3) is 4.52. The molecule has 1 aliphatic rings. The van der Waals surface area contributed by atoms with Gasteiger partial charge in [0.2, 0.25) is 0 Å². The minimum Gasteiger partial charge on any atom is -0.368 e. The van der Waals surface area contributed by atoms with Gasteiger partial charge in [0.05, 0.1) is 5.52 Å². The Labute approximate surface area is 192 Å². The number of pyridine rings is 2. The van der Waals surface area contributed by atoms with Gasteiger partial charge in [-0.25, -0.2) is 0 Å². The third-order valence-electron chi connectivity index (χ3n) is 5.68. The van der Waals surface area contributed by atoms with Crippen LogP contribution in [0.3, 0.4) is 0 Å². The molecule has 0 radical (unpaired) electrons. The van der Waals surface area contributed by atoms with Crippen molar-refractivity contribution in [2.24, 2.45) is 7.05 Å². The maximum Gasteiger partial charge on any atom is 0.267 e. The van der Waals surface area contributed by atoms with Crippen LogP contribution >= 0.6 is 0 Å². The van der Waals surface area contributed by atoms with Crippen molar-refractivity contribution in [3.8, 4) is 11.1 Å². The second kappa shape index (κ2) is 9.54. The zero-order chi connectivity index (χ0) is 23.5. The van der Waals surface area contributed by atoms with Crippen LogP contribution in [0.25, 0.3) is 22.0 Å². The summed E-state index contributed by atoms with van der Waals surface area (Å²) in [6.45, 7) is 8.62. The molecule has 0 amide bonds. The summed E-state index contributed by atoms with van der Waals surface area (Å²) >= 11 is 0. The number of anilines is 2. The zero-order valence-corrected chi connectivity index (χ0v) is 19.7. The lowest BCUT2D eigenvalue weighted by Crippen LogP contribution is -2.19. The Morgan fingerprint density at radius 2 is 1.94 bits per heavy atom. The molecule has 5 rings (SSSR count). The maximum atomic E-state index is 13.1. The molecule has 1 N–H and O–H groups in total. The van der Waals surface area contributed by atoms with Gasteiger partial charge in [0.15, 0.2) is 0 Å². The van der Waals surface area contributed by atoms with E-state index in [-0.39, 0.29) is 11.7 Å². The van der Waals surface area contributed by atoms with Gasteiger partial charge in [0.25, 0.3) is 17.4 Å². The van der Waals surface area contributed by atoms with Crippen molar-refractivity contribution in [3.05, 3.63) is 64.0 Å². The lowest BCUT2D eigenvalue weighted by molar-refractivity contribution is 0.0836. The molecule has 0 aliphatic carbocycles. The molecule has 8 heteroatoms. The minimum absolute atomic E-state index is 0.0569. The predicted molar refractivity (Wildman–Crippen MR) is 129 cm³/mol. The molecule has 1 fully saturated rings. The van der Waals surface area contributed by atoms with E-state index in [2.05, 4.69) is 20.4 Å². The Balaban J connectivity index is 0.00000126. The van der Waals surface area contributed by atoms with Gasteiger partial charge >= 0.3 is 0 Å². The fraction of sp³-hybridized carbons (Fsp3) is 0.360. The second-order valence-electron chi connectivity index (χ2n) is 7.92. The Morgan fingerprint density at radius 1 is 1.12 bits per heavy atom. The average molecular weight is 448 g/mol. The quantitative estimate of drug-likeness (QED) is 0.458. The van der Waals surface area contributed by atoms with Gasteiger partial charge < -0.3 is 19.1 Å². The number of rotatable bonds is 4. The van der Waals surface area contributed by atoms with E-state index in [4.69, 9.17) is 9.26 Å². The smallest absolute Gasteiger partial charge is 0.267 e. The molecule has 1 atom stereocenters. The van der Waals surface area contributed by atoms with Crippen LogP contribution in [0.2, 0.25) is 0 Å². The van der Waals surface area contributed by atoms with Gasteiger partial charge in [-0.2, -0.15) is 4.98 Å². The maximum absolute atomic E-state index is 13.1. The molecule has 0 unspecified atom stereocenters. The summed E-state index contributed by atoms with van der Waals surface area (Å²) in [6.07, 6.45) is 3.55. The summed E-state index contributed by atoms with van der Waals surface area (Å²) in [5, 5.41) is 8.10. The number of aryl methyl sites for hydroxylation is 3. The van der Waals surface area contributed by atoms with E-state index in [0.29, 0.717) is 24.0 Å². The van der Waals surface area contributed by atoms with Crippen molar-refractivity contribution in [3.63, 3.8) is 0 Å². The molecule has 4 aromatic rings. The van der Waals surface area contributed by atoms with E-state index < -0.39 is 0 Å². The second-order valence-corrected chi connectivity index (χ2v) is 7.92. The number of ether oxygens (including phenoxy) is 1. The van der Waals surface area contributed by atoms with Crippen LogP contribution in [0.5, 0.6) is 0 Å². The molecule has 172 valence electrons. The van der Waals surface area contributed by atoms with E-state index in [9.17, 15) is 4.79 Å². The number of hydrogen-bond donors (Lipinski definition) is 1. The first-order valence-corrected chi connectivity index (χ1v) is 11.3. The van der Waals surface area contributed by atoms with Crippen molar-refractivity contribution in [1.82, 2.24) is 19.7 Å². The fourth-order valence-corrected chi connectivity index (χ4v) is 3.97. The van der Waals surface area contributed by atoms with Gasteiger partial charge in [-0.15, -0.1) is 0 Å². The van der Waals surface area contributed by atoms with Gasteiger partial charge in [-0.05, 0) is 67.2 Å². The van der Waals surface area contributed by atoms with Crippen LogP contribution in [0.1, 0.15) is 49.9 Å².